The van der Waals surface area contributed by atoms with Crippen LogP contribution in [0.1, 0.15) is 64.7 Å². The molecule has 1 aliphatic rings. The van der Waals surface area contributed by atoms with Crippen molar-refractivity contribution in [1.29, 1.82) is 0 Å². The largest absolute Gasteiger partial charge is 0.374 e. The number of hydrogen-bond donors (Lipinski definition) is 0. The van der Waals surface area contributed by atoms with E-state index < -0.39 is 0 Å². The summed E-state index contributed by atoms with van der Waals surface area (Å²) in [5.41, 5.74) is 1.52. The van der Waals surface area contributed by atoms with Gasteiger partial charge in [0.15, 0.2) is 0 Å². The van der Waals surface area contributed by atoms with Gasteiger partial charge in [-0.2, -0.15) is 0 Å². The molecule has 17 heavy (non-hydrogen) atoms. The van der Waals surface area contributed by atoms with Gasteiger partial charge >= 0.3 is 0 Å². The molecule has 1 rings (SSSR count). The molecule has 2 nitrogen and oxygen atoms in total. The Morgan fingerprint density at radius 2 is 2.24 bits per heavy atom. The highest BCUT2D eigenvalue weighted by Gasteiger charge is 2.18. The van der Waals surface area contributed by atoms with Crippen molar-refractivity contribution in [1.82, 2.24) is 0 Å². The summed E-state index contributed by atoms with van der Waals surface area (Å²) >= 11 is 0. The molecule has 0 amide bonds. The van der Waals surface area contributed by atoms with Crippen molar-refractivity contribution in [3.8, 4) is 0 Å². The molecule has 0 aliphatic heterocycles. The average Bonchev–Trinajstić information content (AvgIpc) is 2.77. The maximum Gasteiger partial charge on any atom is 0.119 e. The van der Waals surface area contributed by atoms with Gasteiger partial charge < -0.3 is 9.53 Å². The smallest absolute Gasteiger partial charge is 0.119 e. The molecule has 0 radical (unpaired) electrons. The van der Waals surface area contributed by atoms with Crippen molar-refractivity contribution in [2.24, 2.45) is 0 Å². The van der Waals surface area contributed by atoms with E-state index in [0.29, 0.717) is 12.5 Å². The minimum absolute atomic E-state index is 0.378. The van der Waals surface area contributed by atoms with Crippen molar-refractivity contribution >= 4 is 6.29 Å². The molecule has 0 spiro atoms. The van der Waals surface area contributed by atoms with E-state index in [-0.39, 0.29) is 0 Å². The first-order chi connectivity index (χ1) is 8.38. The number of rotatable bonds is 10. The highest BCUT2D eigenvalue weighted by atomic mass is 16.5. The second kappa shape index (κ2) is 9.41. The van der Waals surface area contributed by atoms with E-state index in [4.69, 9.17) is 4.74 Å². The van der Waals surface area contributed by atoms with Crippen LogP contribution in [0.25, 0.3) is 0 Å². The van der Waals surface area contributed by atoms with Gasteiger partial charge in [-0.3, -0.25) is 0 Å². The van der Waals surface area contributed by atoms with Gasteiger partial charge in [0.05, 0.1) is 6.10 Å². The zero-order chi connectivity index (χ0) is 12.3. The quantitative estimate of drug-likeness (QED) is 0.326. The van der Waals surface area contributed by atoms with Gasteiger partial charge in [-0.15, -0.1) is 0 Å². The monoisotopic (exact) mass is 238 g/mol. The molecule has 0 saturated carbocycles. The standard InChI is InChI=1S/C15H26O2/c1-2-3-5-9-14-10-8-11-15(14)17-13-7-4-6-12-16/h10,12,15H,2-9,11,13H2,1H3. The van der Waals surface area contributed by atoms with Crippen molar-refractivity contribution in [3.05, 3.63) is 11.6 Å². The Bertz CT molecular complexity index is 233. The maximum absolute atomic E-state index is 10.2. The SMILES string of the molecule is CCCCCC1=CCCC1OCCCCC=O. The van der Waals surface area contributed by atoms with Crippen LogP contribution in [0, 0.1) is 0 Å². The van der Waals surface area contributed by atoms with Crippen molar-refractivity contribution in [2.75, 3.05) is 6.61 Å². The highest BCUT2D eigenvalue weighted by molar-refractivity contribution is 5.48. The summed E-state index contributed by atoms with van der Waals surface area (Å²) in [4.78, 5) is 10.2. The van der Waals surface area contributed by atoms with Gasteiger partial charge in [-0.25, -0.2) is 0 Å². The second-order valence-corrected chi connectivity index (χ2v) is 4.84. The summed E-state index contributed by atoms with van der Waals surface area (Å²) in [6, 6.07) is 0. The predicted molar refractivity (Wildman–Crippen MR) is 71.1 cm³/mol. The summed E-state index contributed by atoms with van der Waals surface area (Å²) in [6.45, 7) is 3.05. The fraction of sp³-hybridized carbons (Fsp3) is 0.800. The fourth-order valence-electron chi connectivity index (χ4n) is 2.32. The lowest BCUT2D eigenvalue weighted by atomic mass is 10.1. The van der Waals surface area contributed by atoms with Gasteiger partial charge in [0, 0.05) is 13.0 Å². The molecule has 1 unspecified atom stereocenters. The lowest BCUT2D eigenvalue weighted by Crippen LogP contribution is -2.13. The molecule has 0 heterocycles. The number of ether oxygens (including phenoxy) is 1. The summed E-state index contributed by atoms with van der Waals surface area (Å²) in [5, 5.41) is 0. The number of carbonyl (C=O) groups excluding carboxylic acids is 1. The first-order valence-electron chi connectivity index (χ1n) is 7.12. The first kappa shape index (κ1) is 14.4. The summed E-state index contributed by atoms with van der Waals surface area (Å²) in [7, 11) is 0. The molecule has 0 aromatic rings. The Kier molecular flexibility index (Phi) is 7.98. The van der Waals surface area contributed by atoms with Crippen LogP contribution < -0.4 is 0 Å². The highest BCUT2D eigenvalue weighted by Crippen LogP contribution is 2.26. The zero-order valence-electron chi connectivity index (χ0n) is 11.1. The van der Waals surface area contributed by atoms with E-state index in [1.165, 1.54) is 37.7 Å². The molecule has 1 atom stereocenters. The minimum Gasteiger partial charge on any atom is -0.374 e. The Morgan fingerprint density at radius 1 is 1.35 bits per heavy atom. The molecule has 98 valence electrons. The number of allylic oxidation sites excluding steroid dienone is 1. The van der Waals surface area contributed by atoms with Crippen LogP contribution >= 0.6 is 0 Å². The van der Waals surface area contributed by atoms with Crippen LogP contribution in [0.5, 0.6) is 0 Å². The topological polar surface area (TPSA) is 26.3 Å². The van der Waals surface area contributed by atoms with E-state index in [1.54, 1.807) is 0 Å². The number of hydrogen-bond acceptors (Lipinski definition) is 2. The molecule has 2 heteroatoms. The van der Waals surface area contributed by atoms with Gasteiger partial charge in [0.1, 0.15) is 6.29 Å². The Balaban J connectivity index is 2.10. The molecular weight excluding hydrogens is 212 g/mol. The molecule has 0 aromatic heterocycles. The Labute approximate surface area is 105 Å². The van der Waals surface area contributed by atoms with Gasteiger partial charge in [-0.1, -0.05) is 25.8 Å². The van der Waals surface area contributed by atoms with Crippen LogP contribution in [0.2, 0.25) is 0 Å². The normalized spacial score (nSPS) is 19.4. The van der Waals surface area contributed by atoms with Crippen LogP contribution in [-0.4, -0.2) is 19.0 Å². The van der Waals surface area contributed by atoms with Gasteiger partial charge in [0.2, 0.25) is 0 Å². The fourth-order valence-corrected chi connectivity index (χ4v) is 2.32. The number of carbonyl (C=O) groups is 1. The van der Waals surface area contributed by atoms with E-state index in [1.807, 2.05) is 0 Å². The third kappa shape index (κ3) is 6.02. The summed E-state index contributed by atoms with van der Waals surface area (Å²) in [6.07, 6.45) is 13.8. The third-order valence-corrected chi connectivity index (χ3v) is 3.35. The molecule has 0 bridgehead atoms. The first-order valence-corrected chi connectivity index (χ1v) is 7.12. The predicted octanol–water partition coefficient (Wildman–Crippen LogP) is 4.04. The van der Waals surface area contributed by atoms with E-state index in [0.717, 1.165) is 32.2 Å². The van der Waals surface area contributed by atoms with Gasteiger partial charge in [-0.05, 0) is 44.1 Å². The Morgan fingerprint density at radius 3 is 3.00 bits per heavy atom. The summed E-state index contributed by atoms with van der Waals surface area (Å²) in [5.74, 6) is 0. The lowest BCUT2D eigenvalue weighted by molar-refractivity contribution is -0.108. The van der Waals surface area contributed by atoms with Crippen LogP contribution in [0.4, 0.5) is 0 Å². The molecule has 0 aromatic carbocycles. The van der Waals surface area contributed by atoms with Crippen LogP contribution in [0.15, 0.2) is 11.6 Å². The molecule has 0 fully saturated rings. The lowest BCUT2D eigenvalue weighted by Gasteiger charge is -2.16. The summed E-state index contributed by atoms with van der Waals surface area (Å²) < 4.78 is 5.91. The number of aldehydes is 1. The second-order valence-electron chi connectivity index (χ2n) is 4.84. The maximum atomic E-state index is 10.2. The van der Waals surface area contributed by atoms with Crippen LogP contribution in [-0.2, 0) is 9.53 Å². The van der Waals surface area contributed by atoms with Crippen molar-refractivity contribution < 1.29 is 9.53 Å². The van der Waals surface area contributed by atoms with E-state index in [2.05, 4.69) is 13.0 Å². The van der Waals surface area contributed by atoms with E-state index >= 15 is 0 Å². The molecule has 0 N–H and O–H groups in total. The van der Waals surface area contributed by atoms with Crippen molar-refractivity contribution in [3.63, 3.8) is 0 Å². The molecular formula is C15H26O2. The van der Waals surface area contributed by atoms with E-state index in [9.17, 15) is 4.79 Å². The number of unbranched alkanes of at least 4 members (excludes halogenated alkanes) is 4. The minimum atomic E-state index is 0.378. The molecule has 1 aliphatic carbocycles. The van der Waals surface area contributed by atoms with Crippen molar-refractivity contribution in [2.45, 2.75) is 70.8 Å². The third-order valence-electron chi connectivity index (χ3n) is 3.35. The molecule has 0 saturated heterocycles. The van der Waals surface area contributed by atoms with Crippen LogP contribution in [0.3, 0.4) is 0 Å². The average molecular weight is 238 g/mol. The van der Waals surface area contributed by atoms with Gasteiger partial charge in [0.25, 0.3) is 0 Å². The zero-order valence-corrected chi connectivity index (χ0v) is 11.1. The Hall–Kier alpha value is -0.630.